The molecule has 6 heteroatoms. The van der Waals surface area contributed by atoms with Crippen LogP contribution in [0.2, 0.25) is 0 Å². The van der Waals surface area contributed by atoms with Crippen LogP contribution in [-0.2, 0) is 0 Å². The van der Waals surface area contributed by atoms with Gasteiger partial charge in [0.15, 0.2) is 5.65 Å². The number of rotatable bonds is 3. The Hall–Kier alpha value is -3.41. The number of anilines is 3. The molecular formula is C18H16N6. The van der Waals surface area contributed by atoms with Crippen LogP contribution in [0.4, 0.5) is 17.2 Å². The van der Waals surface area contributed by atoms with E-state index in [-0.39, 0.29) is 0 Å². The number of benzene rings is 2. The van der Waals surface area contributed by atoms with E-state index in [0.29, 0.717) is 5.69 Å². The van der Waals surface area contributed by atoms with Gasteiger partial charge in [0.05, 0.1) is 17.3 Å². The standard InChI is InChI=1S/C18H16N6/c1-12-4-2-3-5-16(12)23-17-15-10-22-24(18(15)21-11-20-17)14-8-6-13(19)7-9-14/h2-11H,19H2,1H3,(H,20,21,23). The van der Waals surface area contributed by atoms with Gasteiger partial charge in [-0.05, 0) is 42.8 Å². The molecule has 2 heterocycles. The lowest BCUT2D eigenvalue weighted by atomic mass is 10.2. The molecule has 2 aromatic heterocycles. The summed E-state index contributed by atoms with van der Waals surface area (Å²) < 4.78 is 1.78. The highest BCUT2D eigenvalue weighted by molar-refractivity contribution is 5.89. The predicted octanol–water partition coefficient (Wildman–Crippen LogP) is 3.45. The summed E-state index contributed by atoms with van der Waals surface area (Å²) in [6.45, 7) is 2.05. The summed E-state index contributed by atoms with van der Waals surface area (Å²) in [6.07, 6.45) is 3.31. The van der Waals surface area contributed by atoms with Crippen molar-refractivity contribution < 1.29 is 0 Å². The van der Waals surface area contributed by atoms with Gasteiger partial charge in [-0.15, -0.1) is 0 Å². The van der Waals surface area contributed by atoms with Crippen molar-refractivity contribution >= 4 is 28.2 Å². The Balaban J connectivity index is 1.79. The van der Waals surface area contributed by atoms with Gasteiger partial charge in [-0.2, -0.15) is 5.10 Å². The summed E-state index contributed by atoms with van der Waals surface area (Å²) in [6, 6.07) is 15.6. The monoisotopic (exact) mass is 316 g/mol. The Labute approximate surface area is 139 Å². The highest BCUT2D eigenvalue weighted by Gasteiger charge is 2.11. The van der Waals surface area contributed by atoms with Gasteiger partial charge < -0.3 is 11.1 Å². The molecule has 0 aliphatic rings. The Morgan fingerprint density at radius 2 is 1.79 bits per heavy atom. The van der Waals surface area contributed by atoms with Crippen molar-refractivity contribution in [3.8, 4) is 5.69 Å². The molecular weight excluding hydrogens is 300 g/mol. The van der Waals surface area contributed by atoms with E-state index in [1.807, 2.05) is 42.5 Å². The molecule has 0 spiro atoms. The van der Waals surface area contributed by atoms with Crippen molar-refractivity contribution in [3.05, 3.63) is 66.6 Å². The number of fused-ring (bicyclic) bond motifs is 1. The van der Waals surface area contributed by atoms with Crippen LogP contribution < -0.4 is 11.1 Å². The molecule has 3 N–H and O–H groups in total. The second kappa shape index (κ2) is 5.66. The first-order chi connectivity index (χ1) is 11.7. The lowest BCUT2D eigenvalue weighted by Crippen LogP contribution is -2.00. The van der Waals surface area contributed by atoms with E-state index in [2.05, 4.69) is 33.4 Å². The molecule has 0 atom stereocenters. The fourth-order valence-corrected chi connectivity index (χ4v) is 2.59. The van der Waals surface area contributed by atoms with Gasteiger partial charge in [-0.3, -0.25) is 0 Å². The van der Waals surface area contributed by atoms with Gasteiger partial charge in [0.2, 0.25) is 0 Å². The second-order valence-corrected chi connectivity index (χ2v) is 5.55. The fourth-order valence-electron chi connectivity index (χ4n) is 2.59. The van der Waals surface area contributed by atoms with Crippen LogP contribution in [0, 0.1) is 6.92 Å². The first-order valence-electron chi connectivity index (χ1n) is 7.60. The van der Waals surface area contributed by atoms with Gasteiger partial charge in [0.1, 0.15) is 12.1 Å². The minimum Gasteiger partial charge on any atom is -0.399 e. The van der Waals surface area contributed by atoms with Crippen molar-refractivity contribution in [2.24, 2.45) is 0 Å². The maximum Gasteiger partial charge on any atom is 0.168 e. The summed E-state index contributed by atoms with van der Waals surface area (Å²) in [5.41, 5.74) is 10.3. The number of para-hydroxylation sites is 1. The van der Waals surface area contributed by atoms with E-state index in [4.69, 9.17) is 5.73 Å². The molecule has 4 aromatic rings. The summed E-state index contributed by atoms with van der Waals surface area (Å²) in [5, 5.41) is 8.68. The molecule has 0 unspecified atom stereocenters. The molecule has 0 fully saturated rings. The van der Waals surface area contributed by atoms with Crippen LogP contribution in [0.25, 0.3) is 16.7 Å². The predicted molar refractivity (Wildman–Crippen MR) is 95.5 cm³/mol. The largest absolute Gasteiger partial charge is 0.399 e. The first-order valence-corrected chi connectivity index (χ1v) is 7.60. The quantitative estimate of drug-likeness (QED) is 0.566. The molecule has 0 radical (unpaired) electrons. The van der Waals surface area contributed by atoms with E-state index in [1.165, 1.54) is 0 Å². The van der Waals surface area contributed by atoms with Gasteiger partial charge >= 0.3 is 0 Å². The summed E-state index contributed by atoms with van der Waals surface area (Å²) in [4.78, 5) is 8.75. The highest BCUT2D eigenvalue weighted by atomic mass is 15.3. The Morgan fingerprint density at radius 1 is 1.00 bits per heavy atom. The van der Waals surface area contributed by atoms with Crippen LogP contribution in [0.3, 0.4) is 0 Å². The average Bonchev–Trinajstić information content (AvgIpc) is 3.03. The molecule has 0 saturated carbocycles. The smallest absolute Gasteiger partial charge is 0.168 e. The zero-order chi connectivity index (χ0) is 16.5. The van der Waals surface area contributed by atoms with E-state index >= 15 is 0 Å². The summed E-state index contributed by atoms with van der Waals surface area (Å²) in [5.74, 6) is 0.732. The van der Waals surface area contributed by atoms with Gasteiger partial charge in [0.25, 0.3) is 0 Å². The van der Waals surface area contributed by atoms with Gasteiger partial charge in [0, 0.05) is 11.4 Å². The fraction of sp³-hybridized carbons (Fsp3) is 0.0556. The molecule has 24 heavy (non-hydrogen) atoms. The summed E-state index contributed by atoms with van der Waals surface area (Å²) >= 11 is 0. The van der Waals surface area contributed by atoms with E-state index < -0.39 is 0 Å². The lowest BCUT2D eigenvalue weighted by Gasteiger charge is -2.09. The molecule has 2 aromatic carbocycles. The lowest BCUT2D eigenvalue weighted by molar-refractivity contribution is 0.895. The molecule has 6 nitrogen and oxygen atoms in total. The number of aryl methyl sites for hydroxylation is 1. The molecule has 0 saturated heterocycles. The number of nitrogens with zero attached hydrogens (tertiary/aromatic N) is 4. The Bertz CT molecular complexity index is 1000. The van der Waals surface area contributed by atoms with Crippen LogP contribution in [0.5, 0.6) is 0 Å². The Kier molecular flexibility index (Phi) is 3.35. The topological polar surface area (TPSA) is 81.7 Å². The molecule has 4 rings (SSSR count). The van der Waals surface area contributed by atoms with Crippen molar-refractivity contribution in [1.29, 1.82) is 0 Å². The number of nitrogen functional groups attached to an aromatic ring is 1. The molecule has 0 bridgehead atoms. The third-order valence-electron chi connectivity index (χ3n) is 3.90. The van der Waals surface area contributed by atoms with Crippen molar-refractivity contribution in [1.82, 2.24) is 19.7 Å². The number of aromatic nitrogens is 4. The van der Waals surface area contributed by atoms with E-state index in [9.17, 15) is 0 Å². The third kappa shape index (κ3) is 2.44. The normalized spacial score (nSPS) is 10.9. The highest BCUT2D eigenvalue weighted by Crippen LogP contribution is 2.26. The van der Waals surface area contributed by atoms with Crippen molar-refractivity contribution in [3.63, 3.8) is 0 Å². The first kappa shape index (κ1) is 14.2. The number of nitrogens with two attached hydrogens (primary N) is 1. The second-order valence-electron chi connectivity index (χ2n) is 5.55. The zero-order valence-electron chi connectivity index (χ0n) is 13.1. The molecule has 0 amide bonds. The minimum atomic E-state index is 0.715. The van der Waals surface area contributed by atoms with E-state index in [0.717, 1.165) is 33.8 Å². The zero-order valence-corrected chi connectivity index (χ0v) is 13.1. The maximum atomic E-state index is 5.75. The van der Waals surface area contributed by atoms with Gasteiger partial charge in [-0.1, -0.05) is 18.2 Å². The SMILES string of the molecule is Cc1ccccc1Nc1ncnc2c1cnn2-c1ccc(N)cc1. The van der Waals surface area contributed by atoms with E-state index in [1.54, 1.807) is 17.2 Å². The van der Waals surface area contributed by atoms with Crippen molar-refractivity contribution in [2.75, 3.05) is 11.1 Å². The molecule has 118 valence electrons. The Morgan fingerprint density at radius 3 is 2.58 bits per heavy atom. The van der Waals surface area contributed by atoms with Crippen LogP contribution in [0.1, 0.15) is 5.56 Å². The summed E-state index contributed by atoms with van der Waals surface area (Å²) in [7, 11) is 0. The molecule has 0 aliphatic carbocycles. The number of nitrogens with one attached hydrogen (secondary N) is 1. The van der Waals surface area contributed by atoms with Crippen LogP contribution in [-0.4, -0.2) is 19.7 Å². The molecule has 0 aliphatic heterocycles. The average molecular weight is 316 g/mol. The van der Waals surface area contributed by atoms with Crippen LogP contribution >= 0.6 is 0 Å². The van der Waals surface area contributed by atoms with Crippen LogP contribution in [0.15, 0.2) is 61.1 Å². The maximum absolute atomic E-state index is 5.75. The minimum absolute atomic E-state index is 0.715. The number of hydrogen-bond donors (Lipinski definition) is 2. The van der Waals surface area contributed by atoms with Gasteiger partial charge in [-0.25, -0.2) is 14.6 Å². The third-order valence-corrected chi connectivity index (χ3v) is 3.90. The van der Waals surface area contributed by atoms with Crippen molar-refractivity contribution in [2.45, 2.75) is 6.92 Å². The number of hydrogen-bond acceptors (Lipinski definition) is 5.